The Labute approximate surface area is 101 Å². The molecule has 1 amide bonds. The highest BCUT2D eigenvalue weighted by atomic mass is 16.1. The van der Waals surface area contributed by atoms with Gasteiger partial charge in [0.15, 0.2) is 0 Å². The lowest BCUT2D eigenvalue weighted by Crippen LogP contribution is -2.21. The van der Waals surface area contributed by atoms with Gasteiger partial charge in [0, 0.05) is 13.5 Å². The molecule has 2 heteroatoms. The van der Waals surface area contributed by atoms with Gasteiger partial charge in [-0.1, -0.05) is 57.6 Å². The van der Waals surface area contributed by atoms with E-state index in [1.165, 1.54) is 44.9 Å². The van der Waals surface area contributed by atoms with Crippen LogP contribution in [0.25, 0.3) is 0 Å². The fraction of sp³-hybridized carbons (Fsp3) is 0.786. The molecule has 0 spiro atoms. The SMILES string of the molecule is C=C(CCCCCCCCC)CNC(C)=O. The van der Waals surface area contributed by atoms with Gasteiger partial charge in [0.05, 0.1) is 0 Å². The van der Waals surface area contributed by atoms with Crippen LogP contribution in [0.1, 0.15) is 65.2 Å². The predicted octanol–water partition coefficient (Wildman–Crippen LogP) is 3.82. The Bertz CT molecular complexity index is 199. The van der Waals surface area contributed by atoms with Crippen LogP contribution in [0.2, 0.25) is 0 Å². The molecule has 0 aliphatic rings. The van der Waals surface area contributed by atoms with Crippen LogP contribution < -0.4 is 5.32 Å². The standard InChI is InChI=1S/C14H27NO/c1-4-5-6-7-8-9-10-11-13(2)12-15-14(3)16/h2,4-12H2,1,3H3,(H,15,16). The lowest BCUT2D eigenvalue weighted by atomic mass is 10.1. The molecule has 0 saturated carbocycles. The fourth-order valence-electron chi connectivity index (χ4n) is 1.67. The highest BCUT2D eigenvalue weighted by molar-refractivity contribution is 5.73. The van der Waals surface area contributed by atoms with Gasteiger partial charge in [0.25, 0.3) is 0 Å². The van der Waals surface area contributed by atoms with E-state index in [-0.39, 0.29) is 5.91 Å². The first kappa shape index (κ1) is 15.2. The highest BCUT2D eigenvalue weighted by Gasteiger charge is 1.96. The Kier molecular flexibility index (Phi) is 10.2. The van der Waals surface area contributed by atoms with Crippen LogP contribution in [-0.2, 0) is 4.79 Å². The van der Waals surface area contributed by atoms with Crippen molar-refractivity contribution in [2.24, 2.45) is 0 Å². The van der Waals surface area contributed by atoms with Gasteiger partial charge in [0.1, 0.15) is 0 Å². The van der Waals surface area contributed by atoms with Crippen molar-refractivity contribution in [2.75, 3.05) is 6.54 Å². The van der Waals surface area contributed by atoms with E-state index < -0.39 is 0 Å². The van der Waals surface area contributed by atoms with Crippen molar-refractivity contribution in [3.8, 4) is 0 Å². The van der Waals surface area contributed by atoms with Crippen LogP contribution >= 0.6 is 0 Å². The van der Waals surface area contributed by atoms with Crippen LogP contribution in [0.15, 0.2) is 12.2 Å². The summed E-state index contributed by atoms with van der Waals surface area (Å²) in [6, 6.07) is 0. The van der Waals surface area contributed by atoms with E-state index in [1.54, 1.807) is 6.92 Å². The Morgan fingerprint density at radius 2 is 1.62 bits per heavy atom. The van der Waals surface area contributed by atoms with Crippen LogP contribution in [0.3, 0.4) is 0 Å². The van der Waals surface area contributed by atoms with Gasteiger partial charge < -0.3 is 5.32 Å². The summed E-state index contributed by atoms with van der Waals surface area (Å²) < 4.78 is 0. The predicted molar refractivity (Wildman–Crippen MR) is 70.4 cm³/mol. The zero-order valence-corrected chi connectivity index (χ0v) is 11.0. The Balaban J connectivity index is 3.18. The topological polar surface area (TPSA) is 29.1 Å². The molecular weight excluding hydrogens is 198 g/mol. The zero-order valence-electron chi connectivity index (χ0n) is 11.0. The van der Waals surface area contributed by atoms with E-state index in [2.05, 4.69) is 18.8 Å². The number of rotatable bonds is 10. The molecule has 0 aliphatic carbocycles. The molecule has 0 aromatic rings. The number of amides is 1. The van der Waals surface area contributed by atoms with E-state index >= 15 is 0 Å². The van der Waals surface area contributed by atoms with Crippen molar-refractivity contribution in [2.45, 2.75) is 65.2 Å². The monoisotopic (exact) mass is 225 g/mol. The minimum Gasteiger partial charge on any atom is -0.353 e. The Hall–Kier alpha value is -0.790. The van der Waals surface area contributed by atoms with Crippen molar-refractivity contribution < 1.29 is 4.79 Å². The number of carbonyl (C=O) groups is 1. The maximum atomic E-state index is 10.7. The Morgan fingerprint density at radius 1 is 1.06 bits per heavy atom. The molecule has 0 bridgehead atoms. The number of carbonyl (C=O) groups excluding carboxylic acids is 1. The second-order valence-corrected chi connectivity index (χ2v) is 4.53. The Morgan fingerprint density at radius 3 is 2.19 bits per heavy atom. The summed E-state index contributed by atoms with van der Waals surface area (Å²) >= 11 is 0. The molecule has 16 heavy (non-hydrogen) atoms. The van der Waals surface area contributed by atoms with Crippen LogP contribution in [0.4, 0.5) is 0 Å². The molecule has 94 valence electrons. The summed E-state index contributed by atoms with van der Waals surface area (Å²) in [7, 11) is 0. The van der Waals surface area contributed by atoms with Gasteiger partial charge in [0.2, 0.25) is 5.91 Å². The third-order valence-corrected chi connectivity index (χ3v) is 2.72. The number of hydrogen-bond acceptors (Lipinski definition) is 1. The van der Waals surface area contributed by atoms with Crippen molar-refractivity contribution in [1.82, 2.24) is 5.32 Å². The molecule has 0 fully saturated rings. The first-order valence-corrected chi connectivity index (χ1v) is 6.58. The summed E-state index contributed by atoms with van der Waals surface area (Å²) in [5.74, 6) is 0.0284. The largest absolute Gasteiger partial charge is 0.353 e. The number of unbranched alkanes of at least 4 members (excludes halogenated alkanes) is 6. The first-order chi connectivity index (χ1) is 7.66. The molecule has 0 radical (unpaired) electrons. The summed E-state index contributed by atoms with van der Waals surface area (Å²) in [5, 5.41) is 2.78. The second-order valence-electron chi connectivity index (χ2n) is 4.53. The van der Waals surface area contributed by atoms with E-state index in [4.69, 9.17) is 0 Å². The zero-order chi connectivity index (χ0) is 12.2. The minimum atomic E-state index is 0.0284. The molecule has 0 rings (SSSR count). The van der Waals surface area contributed by atoms with E-state index in [0.717, 1.165) is 12.0 Å². The molecule has 2 nitrogen and oxygen atoms in total. The molecule has 0 aromatic carbocycles. The van der Waals surface area contributed by atoms with Gasteiger partial charge >= 0.3 is 0 Å². The smallest absolute Gasteiger partial charge is 0.217 e. The third-order valence-electron chi connectivity index (χ3n) is 2.72. The van der Waals surface area contributed by atoms with E-state index in [9.17, 15) is 4.79 Å². The van der Waals surface area contributed by atoms with Gasteiger partial charge in [-0.15, -0.1) is 0 Å². The van der Waals surface area contributed by atoms with Crippen molar-refractivity contribution >= 4 is 5.91 Å². The van der Waals surface area contributed by atoms with Gasteiger partial charge in [-0.3, -0.25) is 4.79 Å². The van der Waals surface area contributed by atoms with E-state index in [1.807, 2.05) is 0 Å². The second kappa shape index (κ2) is 10.7. The highest BCUT2D eigenvalue weighted by Crippen LogP contribution is 2.10. The molecule has 1 N–H and O–H groups in total. The van der Waals surface area contributed by atoms with Crippen LogP contribution in [0, 0.1) is 0 Å². The average molecular weight is 225 g/mol. The van der Waals surface area contributed by atoms with E-state index in [0.29, 0.717) is 6.54 Å². The first-order valence-electron chi connectivity index (χ1n) is 6.58. The summed E-state index contributed by atoms with van der Waals surface area (Å²) in [5.41, 5.74) is 1.14. The molecule has 0 aromatic heterocycles. The van der Waals surface area contributed by atoms with Crippen molar-refractivity contribution in [3.63, 3.8) is 0 Å². The molecule has 0 aliphatic heterocycles. The summed E-state index contributed by atoms with van der Waals surface area (Å²) in [6.45, 7) is 8.39. The molecular formula is C14H27NO. The number of hydrogen-bond donors (Lipinski definition) is 1. The third kappa shape index (κ3) is 11.3. The molecule has 0 saturated heterocycles. The van der Waals surface area contributed by atoms with Gasteiger partial charge in [-0.2, -0.15) is 0 Å². The van der Waals surface area contributed by atoms with Crippen LogP contribution in [-0.4, -0.2) is 12.5 Å². The van der Waals surface area contributed by atoms with Crippen molar-refractivity contribution in [1.29, 1.82) is 0 Å². The quantitative estimate of drug-likeness (QED) is 0.444. The molecule has 0 heterocycles. The molecule has 0 unspecified atom stereocenters. The lowest BCUT2D eigenvalue weighted by Gasteiger charge is -2.06. The molecule has 0 atom stereocenters. The minimum absolute atomic E-state index is 0.0284. The maximum absolute atomic E-state index is 10.7. The maximum Gasteiger partial charge on any atom is 0.217 e. The van der Waals surface area contributed by atoms with Gasteiger partial charge in [-0.25, -0.2) is 0 Å². The summed E-state index contributed by atoms with van der Waals surface area (Å²) in [4.78, 5) is 10.7. The lowest BCUT2D eigenvalue weighted by molar-refractivity contribution is -0.118. The normalized spacial score (nSPS) is 10.1. The van der Waals surface area contributed by atoms with Crippen molar-refractivity contribution in [3.05, 3.63) is 12.2 Å². The van der Waals surface area contributed by atoms with Gasteiger partial charge in [-0.05, 0) is 12.8 Å². The fourth-order valence-corrected chi connectivity index (χ4v) is 1.67. The summed E-state index contributed by atoms with van der Waals surface area (Å²) in [6.07, 6.45) is 10.3. The number of nitrogens with one attached hydrogen (secondary N) is 1. The van der Waals surface area contributed by atoms with Crippen LogP contribution in [0.5, 0.6) is 0 Å². The average Bonchev–Trinajstić information content (AvgIpc) is 2.25.